The summed E-state index contributed by atoms with van der Waals surface area (Å²) < 4.78 is 0. The van der Waals surface area contributed by atoms with E-state index in [0.29, 0.717) is 11.8 Å². The summed E-state index contributed by atoms with van der Waals surface area (Å²) in [5.41, 5.74) is 14.3. The molecule has 0 fully saturated rings. The molecule has 0 radical (unpaired) electrons. The minimum Gasteiger partial charge on any atom is -0.143 e. The molecule has 4 aromatic rings. The number of thiol groups is 1. The monoisotopic (exact) mass is 572 g/mol. The smallest absolute Gasteiger partial charge is 0.0119 e. The fraction of sp³-hybridized carbons (Fsp3) is 0.190. The van der Waals surface area contributed by atoms with Gasteiger partial charge in [0.15, 0.2) is 0 Å². The molecule has 0 saturated heterocycles. The quantitative estimate of drug-likeness (QED) is 0.231. The zero-order chi connectivity index (χ0) is 28.8. The van der Waals surface area contributed by atoms with E-state index >= 15 is 0 Å². The van der Waals surface area contributed by atoms with Gasteiger partial charge in [0, 0.05) is 4.90 Å². The van der Waals surface area contributed by atoms with Crippen molar-refractivity contribution >= 4 is 41.1 Å². The van der Waals surface area contributed by atoms with Crippen LogP contribution >= 0.6 is 12.6 Å². The molecule has 1 heteroatoms. The Morgan fingerprint density at radius 3 is 2.19 bits per heavy atom. The van der Waals surface area contributed by atoms with E-state index in [4.69, 9.17) is 12.6 Å². The Morgan fingerprint density at radius 2 is 1.37 bits per heavy atom. The van der Waals surface area contributed by atoms with Gasteiger partial charge < -0.3 is 0 Å². The summed E-state index contributed by atoms with van der Waals surface area (Å²) in [6, 6.07) is 26.4. The van der Waals surface area contributed by atoms with Gasteiger partial charge in [-0.3, -0.25) is 0 Å². The molecule has 0 amide bonds. The molecule has 4 aromatic carbocycles. The highest BCUT2D eigenvalue weighted by atomic mass is 32.1. The third-order valence-electron chi connectivity index (χ3n) is 10.0. The molecule has 2 unspecified atom stereocenters. The molecule has 8 rings (SSSR count). The number of benzene rings is 4. The summed E-state index contributed by atoms with van der Waals surface area (Å²) in [5.74, 6) is 1.18. The van der Waals surface area contributed by atoms with Crippen molar-refractivity contribution in [1.82, 2.24) is 0 Å². The van der Waals surface area contributed by atoms with Crippen LogP contribution in [-0.2, 0) is 12.8 Å². The number of allylic oxidation sites excluding steroid dienone is 10. The largest absolute Gasteiger partial charge is 0.143 e. The van der Waals surface area contributed by atoms with Gasteiger partial charge in [-0.15, -0.1) is 12.6 Å². The topological polar surface area (TPSA) is 0 Å². The van der Waals surface area contributed by atoms with Gasteiger partial charge in [0.05, 0.1) is 0 Å². The minimum absolute atomic E-state index is 0.577. The van der Waals surface area contributed by atoms with Crippen LogP contribution in [0.25, 0.3) is 39.6 Å². The molecule has 4 aliphatic carbocycles. The van der Waals surface area contributed by atoms with Gasteiger partial charge in [0.25, 0.3) is 0 Å². The first kappa shape index (κ1) is 26.5. The lowest BCUT2D eigenvalue weighted by Crippen LogP contribution is -2.19. The summed E-state index contributed by atoms with van der Waals surface area (Å²) in [6.45, 7) is 0. The van der Waals surface area contributed by atoms with E-state index in [1.807, 2.05) is 6.07 Å². The maximum Gasteiger partial charge on any atom is 0.0119 e. The molecule has 0 nitrogen and oxygen atoms in total. The molecule has 0 saturated carbocycles. The highest BCUT2D eigenvalue weighted by Crippen LogP contribution is 2.44. The minimum atomic E-state index is 0.577. The van der Waals surface area contributed by atoms with Crippen LogP contribution in [0.3, 0.4) is 0 Å². The predicted octanol–water partition coefficient (Wildman–Crippen LogP) is 11.2. The lowest BCUT2D eigenvalue weighted by Gasteiger charge is -2.31. The third kappa shape index (κ3) is 4.90. The lowest BCUT2D eigenvalue weighted by atomic mass is 9.73. The summed E-state index contributed by atoms with van der Waals surface area (Å²) >= 11 is 4.70. The van der Waals surface area contributed by atoms with Crippen LogP contribution in [0.5, 0.6) is 0 Å². The molecule has 0 bridgehead atoms. The van der Waals surface area contributed by atoms with E-state index < -0.39 is 0 Å². The molecule has 0 aliphatic heterocycles. The molecule has 0 aromatic heterocycles. The van der Waals surface area contributed by atoms with Gasteiger partial charge in [-0.2, -0.15) is 0 Å². The molecule has 210 valence electrons. The molecular weight excluding hydrogens is 537 g/mol. The maximum atomic E-state index is 4.70. The second-order valence-corrected chi connectivity index (χ2v) is 12.9. The van der Waals surface area contributed by atoms with Gasteiger partial charge in [0.1, 0.15) is 0 Å². The summed E-state index contributed by atoms with van der Waals surface area (Å²) in [5, 5.41) is 2.82. The molecule has 4 aliphatic rings. The first-order chi connectivity index (χ1) is 21.2. The second-order valence-electron chi connectivity index (χ2n) is 12.4. The van der Waals surface area contributed by atoms with Crippen molar-refractivity contribution in [1.29, 1.82) is 0 Å². The van der Waals surface area contributed by atoms with Crippen LogP contribution in [0.15, 0.2) is 131 Å². The molecule has 0 spiro atoms. The lowest BCUT2D eigenvalue weighted by molar-refractivity contribution is 0.470. The normalized spacial score (nSPS) is 20.7. The average molecular weight is 573 g/mol. The van der Waals surface area contributed by atoms with Crippen LogP contribution in [0.4, 0.5) is 0 Å². The van der Waals surface area contributed by atoms with E-state index in [9.17, 15) is 0 Å². The van der Waals surface area contributed by atoms with Crippen molar-refractivity contribution in [3.05, 3.63) is 154 Å². The summed E-state index contributed by atoms with van der Waals surface area (Å²) in [4.78, 5) is 1.02. The van der Waals surface area contributed by atoms with E-state index in [2.05, 4.69) is 121 Å². The number of rotatable bonds is 4. The standard InChI is InChI=1S/C42H36S/c43-42-16-7-6-13-35(42)34-12-8-11-31(25-34)29-17-19-30(20-18-29)33-22-24-39-40(27-33)37-15-5-4-14-36(37)38-23-21-32(26-41(38)39)28-9-2-1-3-10-28/h1-9,11-17,19,21,23,25,27-28,32,43H,10,18,20,22,24,26H2. The van der Waals surface area contributed by atoms with Gasteiger partial charge in [-0.1, -0.05) is 115 Å². The molecular formula is C42H36S. The Morgan fingerprint density at radius 1 is 0.605 bits per heavy atom. The Kier molecular flexibility index (Phi) is 6.92. The molecule has 43 heavy (non-hydrogen) atoms. The third-order valence-corrected chi connectivity index (χ3v) is 10.4. The van der Waals surface area contributed by atoms with E-state index in [0.717, 1.165) is 43.4 Å². The van der Waals surface area contributed by atoms with Gasteiger partial charge in [-0.05, 0) is 129 Å². The van der Waals surface area contributed by atoms with Gasteiger partial charge in [0.2, 0.25) is 0 Å². The number of fused-ring (bicyclic) bond motifs is 6. The van der Waals surface area contributed by atoms with Crippen molar-refractivity contribution in [2.75, 3.05) is 0 Å². The van der Waals surface area contributed by atoms with Gasteiger partial charge >= 0.3 is 0 Å². The predicted molar refractivity (Wildman–Crippen MR) is 187 cm³/mol. The second kappa shape index (κ2) is 11.2. The number of hydrogen-bond donors (Lipinski definition) is 1. The van der Waals surface area contributed by atoms with Crippen molar-refractivity contribution in [3.63, 3.8) is 0 Å². The number of hydrogen-bond acceptors (Lipinski definition) is 1. The van der Waals surface area contributed by atoms with E-state index in [1.165, 1.54) is 55.3 Å². The Bertz CT molecular complexity index is 1940. The summed E-state index contributed by atoms with van der Waals surface area (Å²) in [6.07, 6.45) is 28.1. The molecule has 2 atom stereocenters. The van der Waals surface area contributed by atoms with Crippen LogP contribution < -0.4 is 0 Å². The fourth-order valence-electron chi connectivity index (χ4n) is 7.72. The van der Waals surface area contributed by atoms with Crippen LogP contribution in [0.2, 0.25) is 0 Å². The fourth-order valence-corrected chi connectivity index (χ4v) is 8.01. The summed E-state index contributed by atoms with van der Waals surface area (Å²) in [7, 11) is 0. The van der Waals surface area contributed by atoms with Crippen molar-refractivity contribution in [2.24, 2.45) is 11.8 Å². The van der Waals surface area contributed by atoms with Crippen molar-refractivity contribution < 1.29 is 0 Å². The van der Waals surface area contributed by atoms with Gasteiger partial charge in [-0.25, -0.2) is 0 Å². The highest BCUT2D eigenvalue weighted by Gasteiger charge is 2.28. The zero-order valence-electron chi connectivity index (χ0n) is 24.5. The maximum absolute atomic E-state index is 4.70. The Balaban J connectivity index is 1.13. The van der Waals surface area contributed by atoms with E-state index in [1.54, 1.807) is 11.1 Å². The molecule has 0 N–H and O–H groups in total. The molecule has 0 heterocycles. The Labute approximate surface area is 261 Å². The SMILES string of the molecule is Sc1ccccc1-c1cccc(C2=CC=C(C3=Cc4c(c5c(c6ccccc46)C=CC(C4C=CC=CC4)C5)CC3)CC2)c1. The average Bonchev–Trinajstić information content (AvgIpc) is 3.09. The first-order valence-electron chi connectivity index (χ1n) is 15.8. The van der Waals surface area contributed by atoms with Crippen LogP contribution in [0, 0.1) is 11.8 Å². The zero-order valence-corrected chi connectivity index (χ0v) is 25.4. The van der Waals surface area contributed by atoms with E-state index in [-0.39, 0.29) is 0 Å². The highest BCUT2D eigenvalue weighted by molar-refractivity contribution is 7.80. The Hall–Kier alpha value is -4.07. The van der Waals surface area contributed by atoms with Crippen LogP contribution in [-0.4, -0.2) is 0 Å². The first-order valence-corrected chi connectivity index (χ1v) is 16.2. The van der Waals surface area contributed by atoms with Crippen molar-refractivity contribution in [2.45, 2.75) is 43.4 Å². The van der Waals surface area contributed by atoms with Crippen molar-refractivity contribution in [3.8, 4) is 11.1 Å². The van der Waals surface area contributed by atoms with Crippen LogP contribution in [0.1, 0.15) is 53.5 Å².